The predicted octanol–water partition coefficient (Wildman–Crippen LogP) is 3.71. The molecule has 5 rings (SSSR count). The second kappa shape index (κ2) is 8.14. The summed E-state index contributed by atoms with van der Waals surface area (Å²) in [6, 6.07) is 20.5. The molecule has 1 aliphatic rings. The van der Waals surface area contributed by atoms with Crippen LogP contribution in [0, 0.1) is 0 Å². The number of anilines is 4. The van der Waals surface area contributed by atoms with Gasteiger partial charge in [0.15, 0.2) is 0 Å². The maximum Gasteiger partial charge on any atom is 0.128 e. The summed E-state index contributed by atoms with van der Waals surface area (Å²) in [6.07, 6.45) is 4.52. The lowest BCUT2D eigenvalue weighted by atomic mass is 10.0. The van der Waals surface area contributed by atoms with Gasteiger partial charge in [0.1, 0.15) is 5.82 Å². The second-order valence-corrected chi connectivity index (χ2v) is 7.98. The van der Waals surface area contributed by atoms with E-state index in [4.69, 9.17) is 16.5 Å². The molecule has 0 aliphatic carbocycles. The summed E-state index contributed by atoms with van der Waals surface area (Å²) in [7, 11) is 0. The van der Waals surface area contributed by atoms with Crippen molar-refractivity contribution in [1.82, 2.24) is 9.97 Å². The van der Waals surface area contributed by atoms with Crippen molar-refractivity contribution in [3.05, 3.63) is 84.3 Å². The summed E-state index contributed by atoms with van der Waals surface area (Å²) in [4.78, 5) is 14.1. The Morgan fingerprint density at radius 1 is 0.710 bits per heavy atom. The highest BCUT2D eigenvalue weighted by Gasteiger charge is 2.20. The molecule has 0 saturated carbocycles. The van der Waals surface area contributed by atoms with Crippen LogP contribution in [0.2, 0.25) is 0 Å². The zero-order chi connectivity index (χ0) is 21.2. The molecule has 0 bridgehead atoms. The van der Waals surface area contributed by atoms with Crippen LogP contribution in [0.1, 0.15) is 11.3 Å². The van der Waals surface area contributed by atoms with Gasteiger partial charge in [0.25, 0.3) is 0 Å². The van der Waals surface area contributed by atoms with Crippen molar-refractivity contribution in [2.75, 3.05) is 47.4 Å². The molecule has 1 saturated heterocycles. The zero-order valence-corrected chi connectivity index (χ0v) is 17.4. The number of nitrogens with two attached hydrogens (primary N) is 2. The molecule has 3 heterocycles. The molecular weight excluding hydrogens is 384 g/mol. The lowest BCUT2D eigenvalue weighted by Gasteiger charge is -2.37. The van der Waals surface area contributed by atoms with Gasteiger partial charge in [-0.15, -0.1) is 0 Å². The van der Waals surface area contributed by atoms with Crippen molar-refractivity contribution in [3.63, 3.8) is 0 Å². The van der Waals surface area contributed by atoms with Gasteiger partial charge >= 0.3 is 0 Å². The number of piperazine rings is 1. The largest absolute Gasteiger partial charge is 0.399 e. The van der Waals surface area contributed by atoms with E-state index in [-0.39, 0.29) is 0 Å². The van der Waals surface area contributed by atoms with Crippen molar-refractivity contribution in [1.29, 1.82) is 0 Å². The van der Waals surface area contributed by atoms with Gasteiger partial charge in [0, 0.05) is 49.1 Å². The summed E-state index contributed by atoms with van der Waals surface area (Å²) >= 11 is 0. The van der Waals surface area contributed by atoms with Crippen LogP contribution < -0.4 is 21.3 Å². The number of aromatic nitrogens is 2. The number of rotatable bonds is 4. The molecule has 1 fully saturated rings. The Morgan fingerprint density at radius 3 is 2.23 bits per heavy atom. The Bertz CT molecular complexity index is 1200. The standard InChI is InChI=1S/C25H26N6/c26-19-5-3-4-18(14-19)15-23-21-6-1-2-7-22(21)24(17-28-23)30-10-12-31(13-11-30)25-9-8-20(27)16-29-25/h1-9,14,16-17H,10-13,15,26-27H2. The Labute approximate surface area is 182 Å². The molecule has 2 aromatic heterocycles. The van der Waals surface area contributed by atoms with Crippen LogP contribution in [0.25, 0.3) is 10.8 Å². The summed E-state index contributed by atoms with van der Waals surface area (Å²) < 4.78 is 0. The normalized spacial score (nSPS) is 14.2. The van der Waals surface area contributed by atoms with E-state index in [0.717, 1.165) is 49.8 Å². The summed E-state index contributed by atoms with van der Waals surface area (Å²) in [5.74, 6) is 0.981. The molecule has 4 N–H and O–H groups in total. The van der Waals surface area contributed by atoms with Gasteiger partial charge in [-0.05, 0) is 29.8 Å². The molecule has 0 amide bonds. The van der Waals surface area contributed by atoms with E-state index in [2.05, 4.69) is 45.1 Å². The molecule has 0 unspecified atom stereocenters. The summed E-state index contributed by atoms with van der Waals surface area (Å²) in [5, 5.41) is 2.44. The van der Waals surface area contributed by atoms with Gasteiger partial charge < -0.3 is 21.3 Å². The molecule has 6 nitrogen and oxygen atoms in total. The molecule has 6 heteroatoms. The van der Waals surface area contributed by atoms with Gasteiger partial charge in [-0.2, -0.15) is 0 Å². The van der Waals surface area contributed by atoms with Gasteiger partial charge in [-0.25, -0.2) is 4.98 Å². The van der Waals surface area contributed by atoms with Crippen LogP contribution in [0.4, 0.5) is 22.9 Å². The van der Waals surface area contributed by atoms with Crippen LogP contribution >= 0.6 is 0 Å². The molecular formula is C25H26N6. The van der Waals surface area contributed by atoms with Crippen molar-refractivity contribution in [3.8, 4) is 0 Å². The fourth-order valence-corrected chi connectivity index (χ4v) is 4.29. The number of fused-ring (bicyclic) bond motifs is 1. The molecule has 2 aromatic carbocycles. The Morgan fingerprint density at radius 2 is 1.48 bits per heavy atom. The molecule has 156 valence electrons. The quantitative estimate of drug-likeness (QED) is 0.499. The third kappa shape index (κ3) is 3.97. The van der Waals surface area contributed by atoms with E-state index in [9.17, 15) is 0 Å². The van der Waals surface area contributed by atoms with Crippen molar-refractivity contribution >= 4 is 33.7 Å². The first-order valence-electron chi connectivity index (χ1n) is 10.6. The molecule has 0 radical (unpaired) electrons. The maximum atomic E-state index is 5.97. The minimum Gasteiger partial charge on any atom is -0.399 e. The van der Waals surface area contributed by atoms with Gasteiger partial charge in [0.2, 0.25) is 0 Å². The third-order valence-corrected chi connectivity index (χ3v) is 5.89. The molecule has 31 heavy (non-hydrogen) atoms. The van der Waals surface area contributed by atoms with E-state index in [1.807, 2.05) is 36.5 Å². The molecule has 1 aliphatic heterocycles. The van der Waals surface area contributed by atoms with Crippen LogP contribution in [0.15, 0.2) is 73.1 Å². The van der Waals surface area contributed by atoms with Crippen molar-refractivity contribution in [2.24, 2.45) is 0 Å². The average molecular weight is 411 g/mol. The van der Waals surface area contributed by atoms with E-state index in [1.54, 1.807) is 6.20 Å². The Balaban J connectivity index is 1.39. The smallest absolute Gasteiger partial charge is 0.128 e. The Hall–Kier alpha value is -3.80. The van der Waals surface area contributed by atoms with Gasteiger partial charge in [-0.3, -0.25) is 4.98 Å². The average Bonchev–Trinajstić information content (AvgIpc) is 2.80. The number of benzene rings is 2. The number of hydrogen-bond donors (Lipinski definition) is 2. The fraction of sp³-hybridized carbons (Fsp3) is 0.200. The van der Waals surface area contributed by atoms with Crippen molar-refractivity contribution < 1.29 is 0 Å². The van der Waals surface area contributed by atoms with E-state index < -0.39 is 0 Å². The number of pyridine rings is 2. The fourth-order valence-electron chi connectivity index (χ4n) is 4.29. The number of hydrogen-bond acceptors (Lipinski definition) is 6. The van der Waals surface area contributed by atoms with Crippen LogP contribution in [0.3, 0.4) is 0 Å². The first-order chi connectivity index (χ1) is 15.2. The monoisotopic (exact) mass is 410 g/mol. The minimum absolute atomic E-state index is 0.693. The highest BCUT2D eigenvalue weighted by Crippen LogP contribution is 2.30. The van der Waals surface area contributed by atoms with Gasteiger partial charge in [-0.1, -0.05) is 36.4 Å². The molecule has 0 spiro atoms. The topological polar surface area (TPSA) is 84.3 Å². The van der Waals surface area contributed by atoms with Crippen LogP contribution in [0.5, 0.6) is 0 Å². The minimum atomic E-state index is 0.693. The lowest BCUT2D eigenvalue weighted by molar-refractivity contribution is 0.648. The molecule has 4 aromatic rings. The van der Waals surface area contributed by atoms with E-state index in [0.29, 0.717) is 5.69 Å². The number of nitrogens with zero attached hydrogens (tertiary/aromatic N) is 4. The first-order valence-corrected chi connectivity index (χ1v) is 10.6. The van der Waals surface area contributed by atoms with Crippen LogP contribution in [-0.2, 0) is 6.42 Å². The first kappa shape index (κ1) is 19.2. The molecule has 0 atom stereocenters. The number of nitrogen functional groups attached to an aromatic ring is 2. The van der Waals surface area contributed by atoms with Crippen LogP contribution in [-0.4, -0.2) is 36.1 Å². The second-order valence-electron chi connectivity index (χ2n) is 7.98. The highest BCUT2D eigenvalue weighted by molar-refractivity contribution is 5.95. The third-order valence-electron chi connectivity index (χ3n) is 5.89. The predicted molar refractivity (Wildman–Crippen MR) is 128 cm³/mol. The van der Waals surface area contributed by atoms with Gasteiger partial charge in [0.05, 0.1) is 29.5 Å². The van der Waals surface area contributed by atoms with E-state index >= 15 is 0 Å². The van der Waals surface area contributed by atoms with Crippen molar-refractivity contribution in [2.45, 2.75) is 6.42 Å². The lowest BCUT2D eigenvalue weighted by Crippen LogP contribution is -2.47. The Kier molecular flexibility index (Phi) is 5.04. The highest BCUT2D eigenvalue weighted by atomic mass is 15.3. The summed E-state index contributed by atoms with van der Waals surface area (Å²) in [5.41, 5.74) is 16.7. The summed E-state index contributed by atoms with van der Waals surface area (Å²) in [6.45, 7) is 3.67. The zero-order valence-electron chi connectivity index (χ0n) is 17.4. The SMILES string of the molecule is Nc1ccc(N2CCN(c3cnc(Cc4cccc(N)c4)c4ccccc34)CC2)nc1. The maximum absolute atomic E-state index is 5.97. The van der Waals surface area contributed by atoms with E-state index in [1.165, 1.54) is 22.0 Å².